The zero-order valence-electron chi connectivity index (χ0n) is 20.7. The molecular weight excluding hydrogens is 483 g/mol. The van der Waals surface area contributed by atoms with Gasteiger partial charge in [-0.2, -0.15) is 0 Å². The predicted octanol–water partition coefficient (Wildman–Crippen LogP) is 1.79. The van der Waals surface area contributed by atoms with Crippen molar-refractivity contribution in [3.05, 3.63) is 83.0 Å². The van der Waals surface area contributed by atoms with E-state index in [4.69, 9.17) is 9.26 Å². The predicted molar refractivity (Wildman–Crippen MR) is 131 cm³/mol. The fourth-order valence-corrected chi connectivity index (χ4v) is 3.34. The highest BCUT2D eigenvalue weighted by atomic mass is 19.1. The van der Waals surface area contributed by atoms with Crippen LogP contribution in [0.2, 0.25) is 0 Å². The number of rotatable bonds is 11. The second kappa shape index (κ2) is 12.6. The number of aliphatic hydroxyl groups excluding tert-OH is 1. The standard InChI is InChI=1S/C26H29FN4O6/c1-15-9-10-18(20(27)11-15)13-28-24(33)22(14-36-19-7-5-4-6-8-19)29-26(35)23(17(3)32)30-25(34)21-12-16(2)37-31-21/h4-12,17,22-23,32H,13-14H2,1-3H3,(H,28,33)(H,29,35)(H,30,34)/t17-,22+,23+/m1/s1. The van der Waals surface area contributed by atoms with E-state index in [0.29, 0.717) is 11.5 Å². The van der Waals surface area contributed by atoms with E-state index in [1.807, 2.05) is 0 Å². The number of carbonyl (C=O) groups excluding carboxylic acids is 3. The molecule has 196 valence electrons. The molecule has 3 amide bonds. The fourth-order valence-electron chi connectivity index (χ4n) is 3.34. The van der Waals surface area contributed by atoms with Crippen LogP contribution in [0.4, 0.5) is 4.39 Å². The summed E-state index contributed by atoms with van der Waals surface area (Å²) in [4.78, 5) is 38.5. The molecule has 0 radical (unpaired) electrons. The number of aromatic nitrogens is 1. The molecule has 3 atom stereocenters. The molecule has 0 aliphatic rings. The summed E-state index contributed by atoms with van der Waals surface area (Å²) >= 11 is 0. The van der Waals surface area contributed by atoms with E-state index in [1.54, 1.807) is 56.3 Å². The maximum absolute atomic E-state index is 14.2. The van der Waals surface area contributed by atoms with Crippen molar-refractivity contribution < 1.29 is 33.1 Å². The quantitative estimate of drug-likeness (QED) is 0.307. The Bertz CT molecular complexity index is 1230. The summed E-state index contributed by atoms with van der Waals surface area (Å²) < 4.78 is 24.7. The van der Waals surface area contributed by atoms with Crippen LogP contribution in [0.25, 0.3) is 0 Å². The molecule has 4 N–H and O–H groups in total. The number of amides is 3. The summed E-state index contributed by atoms with van der Waals surface area (Å²) in [6.07, 6.45) is -1.31. The van der Waals surface area contributed by atoms with Crippen LogP contribution >= 0.6 is 0 Å². The van der Waals surface area contributed by atoms with Crippen LogP contribution in [0.3, 0.4) is 0 Å². The van der Waals surface area contributed by atoms with Crippen molar-refractivity contribution in [1.29, 1.82) is 0 Å². The number of nitrogens with zero attached hydrogens (tertiary/aromatic N) is 1. The first-order chi connectivity index (χ1) is 17.6. The van der Waals surface area contributed by atoms with Crippen LogP contribution in [-0.4, -0.2) is 52.8 Å². The summed E-state index contributed by atoms with van der Waals surface area (Å²) in [6.45, 7) is 4.28. The van der Waals surface area contributed by atoms with Gasteiger partial charge in [-0.1, -0.05) is 35.5 Å². The molecule has 2 aromatic carbocycles. The highest BCUT2D eigenvalue weighted by Crippen LogP contribution is 2.11. The van der Waals surface area contributed by atoms with E-state index < -0.39 is 41.7 Å². The lowest BCUT2D eigenvalue weighted by molar-refractivity contribution is -0.132. The molecule has 37 heavy (non-hydrogen) atoms. The Kier molecular flexibility index (Phi) is 9.33. The first kappa shape index (κ1) is 27.3. The van der Waals surface area contributed by atoms with E-state index in [-0.39, 0.29) is 24.4 Å². The third kappa shape index (κ3) is 7.87. The molecule has 1 aromatic heterocycles. The van der Waals surface area contributed by atoms with Crippen molar-refractivity contribution in [2.45, 2.75) is 45.5 Å². The minimum atomic E-state index is -1.41. The second-order valence-electron chi connectivity index (χ2n) is 8.51. The number of hydrogen-bond acceptors (Lipinski definition) is 7. The third-order valence-corrected chi connectivity index (χ3v) is 5.37. The monoisotopic (exact) mass is 512 g/mol. The Morgan fingerprint density at radius 2 is 1.78 bits per heavy atom. The number of hydrogen-bond donors (Lipinski definition) is 4. The van der Waals surface area contributed by atoms with E-state index >= 15 is 0 Å². The summed E-state index contributed by atoms with van der Waals surface area (Å²) in [7, 11) is 0. The molecule has 0 aliphatic heterocycles. The topological polar surface area (TPSA) is 143 Å². The molecule has 0 fully saturated rings. The number of ether oxygens (including phenoxy) is 1. The zero-order valence-corrected chi connectivity index (χ0v) is 20.7. The second-order valence-corrected chi connectivity index (χ2v) is 8.51. The number of para-hydroxylation sites is 1. The van der Waals surface area contributed by atoms with Crippen molar-refractivity contribution in [3.63, 3.8) is 0 Å². The largest absolute Gasteiger partial charge is 0.491 e. The molecule has 10 nitrogen and oxygen atoms in total. The average molecular weight is 513 g/mol. The molecule has 0 saturated carbocycles. The van der Waals surface area contributed by atoms with Crippen LogP contribution < -0.4 is 20.7 Å². The minimum Gasteiger partial charge on any atom is -0.491 e. The molecule has 0 unspecified atom stereocenters. The van der Waals surface area contributed by atoms with Gasteiger partial charge in [0.2, 0.25) is 11.8 Å². The zero-order chi connectivity index (χ0) is 26.9. The highest BCUT2D eigenvalue weighted by molar-refractivity contribution is 5.97. The van der Waals surface area contributed by atoms with Crippen LogP contribution in [0.1, 0.15) is 34.3 Å². The molecule has 0 bridgehead atoms. The summed E-state index contributed by atoms with van der Waals surface area (Å²) in [5.74, 6) is -1.84. The lowest BCUT2D eigenvalue weighted by Crippen LogP contribution is -2.58. The SMILES string of the molecule is Cc1ccc(CNC(=O)[C@H](COc2ccccc2)NC(=O)[C@@H](NC(=O)c2cc(C)on2)[C@@H](C)O)c(F)c1. The molecule has 3 rings (SSSR count). The van der Waals surface area contributed by atoms with Gasteiger partial charge in [-0.05, 0) is 44.5 Å². The lowest BCUT2D eigenvalue weighted by Gasteiger charge is -2.24. The molecule has 11 heteroatoms. The van der Waals surface area contributed by atoms with E-state index in [2.05, 4.69) is 21.1 Å². The first-order valence-corrected chi connectivity index (χ1v) is 11.6. The smallest absolute Gasteiger partial charge is 0.274 e. The Labute approximate surface area is 213 Å². The van der Waals surface area contributed by atoms with Crippen LogP contribution in [0.15, 0.2) is 59.1 Å². The van der Waals surface area contributed by atoms with Crippen molar-refractivity contribution in [1.82, 2.24) is 21.1 Å². The maximum Gasteiger partial charge on any atom is 0.274 e. The van der Waals surface area contributed by atoms with Crippen molar-refractivity contribution >= 4 is 17.7 Å². The van der Waals surface area contributed by atoms with Crippen molar-refractivity contribution in [2.24, 2.45) is 0 Å². The number of nitrogens with one attached hydrogen (secondary N) is 3. The van der Waals surface area contributed by atoms with Gasteiger partial charge in [0.05, 0.1) is 6.10 Å². The van der Waals surface area contributed by atoms with Gasteiger partial charge in [-0.25, -0.2) is 4.39 Å². The van der Waals surface area contributed by atoms with Gasteiger partial charge in [-0.3, -0.25) is 14.4 Å². The van der Waals surface area contributed by atoms with Gasteiger partial charge < -0.3 is 30.3 Å². The van der Waals surface area contributed by atoms with E-state index in [0.717, 1.165) is 5.56 Å². The summed E-state index contributed by atoms with van der Waals surface area (Å²) in [5, 5.41) is 21.2. The summed E-state index contributed by atoms with van der Waals surface area (Å²) in [6, 6.07) is 12.0. The van der Waals surface area contributed by atoms with Crippen molar-refractivity contribution in [3.8, 4) is 5.75 Å². The normalized spacial score (nSPS) is 13.2. The molecule has 1 heterocycles. The number of aliphatic hydroxyl groups is 1. The average Bonchev–Trinajstić information content (AvgIpc) is 3.30. The Balaban J connectivity index is 1.72. The number of halogens is 1. The van der Waals surface area contributed by atoms with Gasteiger partial charge >= 0.3 is 0 Å². The molecule has 3 aromatic rings. The van der Waals surface area contributed by atoms with Crippen LogP contribution in [0, 0.1) is 19.7 Å². The number of carbonyl (C=O) groups is 3. The molecular formula is C26H29FN4O6. The molecule has 0 aliphatic carbocycles. The van der Waals surface area contributed by atoms with Gasteiger partial charge in [0.25, 0.3) is 5.91 Å². The van der Waals surface area contributed by atoms with E-state index in [9.17, 15) is 23.9 Å². The molecule has 0 spiro atoms. The van der Waals surface area contributed by atoms with Gasteiger partial charge in [0, 0.05) is 18.2 Å². The Hall–Kier alpha value is -4.25. The fraction of sp³-hybridized carbons (Fsp3) is 0.308. The van der Waals surface area contributed by atoms with Crippen molar-refractivity contribution in [2.75, 3.05) is 6.61 Å². The number of aryl methyl sites for hydroxylation is 2. The van der Waals surface area contributed by atoms with Gasteiger partial charge in [0.15, 0.2) is 5.69 Å². The third-order valence-electron chi connectivity index (χ3n) is 5.37. The molecule has 0 saturated heterocycles. The Morgan fingerprint density at radius 3 is 2.41 bits per heavy atom. The van der Waals surface area contributed by atoms with Gasteiger partial charge in [-0.15, -0.1) is 0 Å². The van der Waals surface area contributed by atoms with E-state index in [1.165, 1.54) is 19.1 Å². The lowest BCUT2D eigenvalue weighted by atomic mass is 10.1. The Morgan fingerprint density at radius 1 is 1.05 bits per heavy atom. The van der Waals surface area contributed by atoms with Gasteiger partial charge in [0.1, 0.15) is 36.0 Å². The van der Waals surface area contributed by atoms with Crippen LogP contribution in [-0.2, 0) is 16.1 Å². The first-order valence-electron chi connectivity index (χ1n) is 11.6. The summed E-state index contributed by atoms with van der Waals surface area (Å²) in [5.41, 5.74) is 0.934. The van der Waals surface area contributed by atoms with Crippen LogP contribution in [0.5, 0.6) is 5.75 Å². The highest BCUT2D eigenvalue weighted by Gasteiger charge is 2.31. The maximum atomic E-state index is 14.2. The number of benzene rings is 2. The minimum absolute atomic E-state index is 0.0715.